The maximum Gasteiger partial charge on any atom is 0.0500 e. The highest BCUT2D eigenvalue weighted by Gasteiger charge is 2.38. The molecule has 1 saturated carbocycles. The van der Waals surface area contributed by atoms with Crippen molar-refractivity contribution in [3.63, 3.8) is 0 Å². The SMILES string of the molecule is CC1(C)CCCC(CN)(Nc2cccc(Br)c2)C1. The van der Waals surface area contributed by atoms with E-state index in [2.05, 4.69) is 53.3 Å². The molecule has 0 spiro atoms. The summed E-state index contributed by atoms with van der Waals surface area (Å²) in [5, 5.41) is 3.69. The molecule has 3 heteroatoms. The van der Waals surface area contributed by atoms with Gasteiger partial charge < -0.3 is 11.1 Å². The van der Waals surface area contributed by atoms with Crippen molar-refractivity contribution < 1.29 is 0 Å². The van der Waals surface area contributed by atoms with E-state index in [1.54, 1.807) is 0 Å². The van der Waals surface area contributed by atoms with E-state index in [0.29, 0.717) is 12.0 Å². The van der Waals surface area contributed by atoms with Crippen LogP contribution >= 0.6 is 15.9 Å². The molecule has 0 heterocycles. The zero-order valence-electron chi connectivity index (χ0n) is 11.3. The van der Waals surface area contributed by atoms with Crippen molar-refractivity contribution in [2.45, 2.75) is 45.1 Å². The Morgan fingerprint density at radius 3 is 2.72 bits per heavy atom. The smallest absolute Gasteiger partial charge is 0.0500 e. The average molecular weight is 311 g/mol. The number of nitrogens with one attached hydrogen (secondary N) is 1. The Labute approximate surface area is 118 Å². The number of hydrogen-bond acceptors (Lipinski definition) is 2. The molecule has 100 valence electrons. The van der Waals surface area contributed by atoms with Crippen LogP contribution in [0.2, 0.25) is 0 Å². The van der Waals surface area contributed by atoms with Gasteiger partial charge in [-0.2, -0.15) is 0 Å². The van der Waals surface area contributed by atoms with Crippen LogP contribution in [0.1, 0.15) is 39.5 Å². The van der Waals surface area contributed by atoms with Gasteiger partial charge in [-0.3, -0.25) is 0 Å². The molecule has 2 rings (SSSR count). The summed E-state index contributed by atoms with van der Waals surface area (Å²) >= 11 is 3.52. The summed E-state index contributed by atoms with van der Waals surface area (Å²) in [6.45, 7) is 5.39. The number of halogens is 1. The molecule has 0 amide bonds. The molecule has 18 heavy (non-hydrogen) atoms. The minimum atomic E-state index is 0.0581. The fourth-order valence-corrected chi connectivity index (χ4v) is 3.60. The van der Waals surface area contributed by atoms with Crippen LogP contribution in [0.15, 0.2) is 28.7 Å². The zero-order valence-corrected chi connectivity index (χ0v) is 12.9. The Kier molecular flexibility index (Phi) is 4.02. The molecular formula is C15H23BrN2. The van der Waals surface area contributed by atoms with Crippen LogP contribution in [0.25, 0.3) is 0 Å². The van der Waals surface area contributed by atoms with E-state index < -0.39 is 0 Å². The number of rotatable bonds is 3. The average Bonchev–Trinajstić information content (AvgIpc) is 2.27. The third-order valence-corrected chi connectivity index (χ3v) is 4.44. The lowest BCUT2D eigenvalue weighted by Gasteiger charge is -2.45. The molecule has 1 aliphatic rings. The summed E-state index contributed by atoms with van der Waals surface area (Å²) < 4.78 is 1.11. The van der Waals surface area contributed by atoms with E-state index >= 15 is 0 Å². The monoisotopic (exact) mass is 310 g/mol. The van der Waals surface area contributed by atoms with Gasteiger partial charge in [0.05, 0.1) is 5.54 Å². The standard InChI is InChI=1S/C15H23BrN2/c1-14(2)7-4-8-15(10-14,11-17)18-13-6-3-5-12(16)9-13/h3,5-6,9,18H,4,7-8,10-11,17H2,1-2H3. The quantitative estimate of drug-likeness (QED) is 0.879. The van der Waals surface area contributed by atoms with Gasteiger partial charge in [0.1, 0.15) is 0 Å². The molecule has 1 aromatic rings. The largest absolute Gasteiger partial charge is 0.378 e. The van der Waals surface area contributed by atoms with Gasteiger partial charge in [-0.1, -0.05) is 42.3 Å². The van der Waals surface area contributed by atoms with E-state index in [4.69, 9.17) is 5.73 Å². The Hall–Kier alpha value is -0.540. The highest BCUT2D eigenvalue weighted by atomic mass is 79.9. The molecule has 0 aliphatic heterocycles. The number of benzene rings is 1. The highest BCUT2D eigenvalue weighted by molar-refractivity contribution is 9.10. The number of hydrogen-bond donors (Lipinski definition) is 2. The van der Waals surface area contributed by atoms with Crippen LogP contribution in [0.3, 0.4) is 0 Å². The van der Waals surface area contributed by atoms with E-state index in [9.17, 15) is 0 Å². The van der Waals surface area contributed by atoms with Crippen molar-refractivity contribution >= 4 is 21.6 Å². The fraction of sp³-hybridized carbons (Fsp3) is 0.600. The summed E-state index contributed by atoms with van der Waals surface area (Å²) in [5.41, 5.74) is 7.67. The van der Waals surface area contributed by atoms with Gasteiger partial charge in [0.15, 0.2) is 0 Å². The van der Waals surface area contributed by atoms with Crippen molar-refractivity contribution in [3.05, 3.63) is 28.7 Å². The Morgan fingerprint density at radius 2 is 2.11 bits per heavy atom. The summed E-state index contributed by atoms with van der Waals surface area (Å²) in [6.07, 6.45) is 4.86. The normalized spacial score (nSPS) is 26.9. The van der Waals surface area contributed by atoms with Crippen LogP contribution < -0.4 is 11.1 Å². The minimum absolute atomic E-state index is 0.0581. The van der Waals surface area contributed by atoms with Gasteiger partial charge in [0, 0.05) is 16.7 Å². The molecule has 1 aromatic carbocycles. The lowest BCUT2D eigenvalue weighted by molar-refractivity contribution is 0.170. The number of nitrogens with two attached hydrogens (primary N) is 1. The summed E-state index contributed by atoms with van der Waals surface area (Å²) in [4.78, 5) is 0. The van der Waals surface area contributed by atoms with Crippen LogP contribution in [-0.4, -0.2) is 12.1 Å². The van der Waals surface area contributed by atoms with Crippen LogP contribution in [0.4, 0.5) is 5.69 Å². The van der Waals surface area contributed by atoms with Gasteiger partial charge in [-0.25, -0.2) is 0 Å². The predicted octanol–water partition coefficient (Wildman–Crippen LogP) is 4.16. The predicted molar refractivity (Wildman–Crippen MR) is 81.8 cm³/mol. The lowest BCUT2D eigenvalue weighted by Crippen LogP contribution is -2.51. The third kappa shape index (κ3) is 3.27. The molecular weight excluding hydrogens is 288 g/mol. The number of anilines is 1. The first-order valence-electron chi connectivity index (χ1n) is 6.69. The van der Waals surface area contributed by atoms with Crippen molar-refractivity contribution in [3.8, 4) is 0 Å². The van der Waals surface area contributed by atoms with Gasteiger partial charge in [0.2, 0.25) is 0 Å². The van der Waals surface area contributed by atoms with E-state index in [1.165, 1.54) is 19.3 Å². The zero-order chi connectivity index (χ0) is 13.2. The van der Waals surface area contributed by atoms with Crippen LogP contribution in [0, 0.1) is 5.41 Å². The second-order valence-electron chi connectivity index (χ2n) is 6.31. The fourth-order valence-electron chi connectivity index (χ4n) is 3.20. The van der Waals surface area contributed by atoms with Crippen LogP contribution in [0.5, 0.6) is 0 Å². The maximum atomic E-state index is 6.07. The molecule has 1 aliphatic carbocycles. The van der Waals surface area contributed by atoms with Gasteiger partial charge in [0.25, 0.3) is 0 Å². The van der Waals surface area contributed by atoms with Gasteiger partial charge >= 0.3 is 0 Å². The molecule has 0 bridgehead atoms. The van der Waals surface area contributed by atoms with Crippen LogP contribution in [-0.2, 0) is 0 Å². The second-order valence-corrected chi connectivity index (χ2v) is 7.23. The van der Waals surface area contributed by atoms with Crippen molar-refractivity contribution in [1.82, 2.24) is 0 Å². The highest BCUT2D eigenvalue weighted by Crippen LogP contribution is 2.42. The topological polar surface area (TPSA) is 38.0 Å². The third-order valence-electron chi connectivity index (χ3n) is 3.95. The first-order chi connectivity index (χ1) is 8.45. The molecule has 0 radical (unpaired) electrons. The molecule has 0 saturated heterocycles. The lowest BCUT2D eigenvalue weighted by atomic mass is 9.68. The first kappa shape index (κ1) is 13.9. The Balaban J connectivity index is 2.18. The van der Waals surface area contributed by atoms with Crippen molar-refractivity contribution in [2.24, 2.45) is 11.1 Å². The Morgan fingerprint density at radius 1 is 1.33 bits per heavy atom. The van der Waals surface area contributed by atoms with Crippen molar-refractivity contribution in [2.75, 3.05) is 11.9 Å². The molecule has 1 atom stereocenters. The summed E-state index contributed by atoms with van der Waals surface area (Å²) in [7, 11) is 0. The van der Waals surface area contributed by atoms with Gasteiger partial charge in [-0.05, 0) is 42.9 Å². The molecule has 1 fully saturated rings. The molecule has 1 unspecified atom stereocenters. The first-order valence-corrected chi connectivity index (χ1v) is 7.48. The van der Waals surface area contributed by atoms with E-state index in [-0.39, 0.29) is 5.54 Å². The van der Waals surface area contributed by atoms with E-state index in [0.717, 1.165) is 16.6 Å². The molecule has 2 nitrogen and oxygen atoms in total. The maximum absolute atomic E-state index is 6.07. The summed E-state index contributed by atoms with van der Waals surface area (Å²) in [5.74, 6) is 0. The second kappa shape index (κ2) is 5.22. The van der Waals surface area contributed by atoms with E-state index in [1.807, 2.05) is 6.07 Å². The summed E-state index contributed by atoms with van der Waals surface area (Å²) in [6, 6.07) is 8.35. The molecule has 0 aromatic heterocycles. The Bertz CT molecular complexity index is 417. The van der Waals surface area contributed by atoms with Crippen molar-refractivity contribution in [1.29, 1.82) is 0 Å². The molecule has 3 N–H and O–H groups in total. The minimum Gasteiger partial charge on any atom is -0.378 e. The van der Waals surface area contributed by atoms with Gasteiger partial charge in [-0.15, -0.1) is 0 Å².